The number of phosphoric acid groups is 2. The number of amides is 5. The van der Waals surface area contributed by atoms with E-state index >= 15 is 0 Å². The van der Waals surface area contributed by atoms with Crippen molar-refractivity contribution in [2.24, 2.45) is 5.73 Å². The molecule has 2 aliphatic rings. The lowest BCUT2D eigenvalue weighted by Crippen LogP contribution is -2.66. The van der Waals surface area contributed by atoms with Gasteiger partial charge in [0.15, 0.2) is 18.6 Å². The molecule has 0 aromatic carbocycles. The van der Waals surface area contributed by atoms with Gasteiger partial charge in [-0.05, 0) is 59.9 Å². The summed E-state index contributed by atoms with van der Waals surface area (Å²) in [6, 6.07) is -7.01. The highest BCUT2D eigenvalue weighted by atomic mass is 31.3. The Labute approximate surface area is 435 Å². The van der Waals surface area contributed by atoms with Gasteiger partial charge in [0.25, 0.3) is 5.56 Å². The zero-order chi connectivity index (χ0) is 58.3. The summed E-state index contributed by atoms with van der Waals surface area (Å²) < 4.78 is 61.8. The van der Waals surface area contributed by atoms with Crippen LogP contribution in [0.3, 0.4) is 0 Å². The van der Waals surface area contributed by atoms with E-state index in [1.54, 1.807) is 0 Å². The Bertz CT molecular complexity index is 2480. The molecule has 0 radical (unpaired) electrons. The van der Waals surface area contributed by atoms with E-state index in [9.17, 15) is 92.4 Å². The Morgan fingerprint density at radius 3 is 2.03 bits per heavy atom. The van der Waals surface area contributed by atoms with E-state index < -0.39 is 192 Å². The molecule has 0 spiro atoms. The number of phosphoric ester groups is 2. The van der Waals surface area contributed by atoms with Crippen molar-refractivity contribution in [3.8, 4) is 0 Å². The van der Waals surface area contributed by atoms with E-state index in [1.165, 1.54) is 6.92 Å². The van der Waals surface area contributed by atoms with Gasteiger partial charge in [-0.25, -0.2) is 28.3 Å². The molecule has 0 saturated carbocycles. The second kappa shape index (κ2) is 29.4. The lowest BCUT2D eigenvalue weighted by atomic mass is 9.96. The number of nitrogens with zero attached hydrogens (tertiary/aromatic N) is 1. The predicted octanol–water partition coefficient (Wildman–Crippen LogP) is -6.25. The summed E-state index contributed by atoms with van der Waals surface area (Å²) in [5.74, 6) is -9.10. The van der Waals surface area contributed by atoms with Crippen LogP contribution in [0.2, 0.25) is 0 Å². The van der Waals surface area contributed by atoms with Crippen LogP contribution in [0.1, 0.15) is 73.0 Å². The van der Waals surface area contributed by atoms with Crippen LogP contribution in [0.5, 0.6) is 0 Å². The van der Waals surface area contributed by atoms with Crippen molar-refractivity contribution in [3.05, 3.63) is 33.1 Å². The normalized spacial score (nSPS) is 26.2. The molecule has 77 heavy (non-hydrogen) atoms. The van der Waals surface area contributed by atoms with Gasteiger partial charge in [0.1, 0.15) is 72.9 Å². The first-order chi connectivity index (χ1) is 35.8. The Hall–Kier alpha value is -5.62. The Balaban J connectivity index is 1.65. The number of rotatable bonds is 30. The van der Waals surface area contributed by atoms with Crippen LogP contribution in [0.4, 0.5) is 0 Å². The monoisotopic (exact) mass is 1150 g/mol. The molecule has 2 unspecified atom stereocenters. The molecule has 2 saturated heterocycles. The Kier molecular flexibility index (Phi) is 25.1. The van der Waals surface area contributed by atoms with Crippen molar-refractivity contribution in [3.63, 3.8) is 0 Å². The number of aromatic nitrogens is 2. The lowest BCUT2D eigenvalue weighted by Gasteiger charge is -2.44. The topological polar surface area (TPSA) is 538 Å². The van der Waals surface area contributed by atoms with Crippen molar-refractivity contribution < 1.29 is 120 Å². The first kappa shape index (κ1) is 65.7. The summed E-state index contributed by atoms with van der Waals surface area (Å²) in [5.41, 5.74) is 3.65. The van der Waals surface area contributed by atoms with Crippen molar-refractivity contribution in [1.82, 2.24) is 36.1 Å². The second-order valence-electron chi connectivity index (χ2n) is 17.4. The maximum atomic E-state index is 13.4. The SMILES string of the molecule is CC(=O)N[C@H]1[C@@H](OP(=O)(O)OP(=O)(O)OC[C@H]2O[C@@H](n3ccc(=O)[nH]c3=O)[C@H](O)[C@@H]2O)O[C@H](CO)[C@@H](O)[C@@H]1O[C@H](C)C(=O)N[C@@H](C)C(=O)N[C@H](CCC(=O)N[C@@H](CCCCN)C(=O)N[C@H](C)C(=O)O[C@H](C)C(=O)O)C(=O)O. The standard InChI is InChI=1S/C40H64N8O27P2/c1-16(32(56)46-22(37(61)62)9-10-25(51)45-21(8-6-7-12-41)34(58)43-17(2)38(63)71-19(4)36(59)60)42-33(57)18(3)70-31-27(44-20(5)50)39(73-23(14-49)29(31)54)74-77(67,68)75-76(65,66)69-15-24-28(53)30(55)35(72-24)48-13-11-26(52)47-40(48)64/h11,13,16-19,21-24,27-31,35,39,49,53-55H,6-10,12,14-15,41H2,1-5H3,(H,42,57)(H,43,58)(H,44,50)(H,45,51)(H,46,56)(H,59,60)(H,61,62)(H,65,66)(H,67,68)(H,47,52,64)/t16-,17+,18+,19+,21-,22+,23+,24+,27+,28+,29+,30+,31+,35+,39+/m0/s1. The van der Waals surface area contributed by atoms with E-state index in [-0.39, 0.29) is 13.0 Å². The zero-order valence-corrected chi connectivity index (χ0v) is 43.5. The number of aliphatic hydroxyl groups is 4. The summed E-state index contributed by atoms with van der Waals surface area (Å²) in [6.45, 7) is 3.33. The number of nitrogens with one attached hydrogen (secondary N) is 6. The number of aromatic amines is 1. The van der Waals surface area contributed by atoms with Gasteiger partial charge in [-0.1, -0.05) is 0 Å². The number of esters is 1. The van der Waals surface area contributed by atoms with E-state index in [0.29, 0.717) is 17.4 Å². The minimum absolute atomic E-state index is 0.0135. The summed E-state index contributed by atoms with van der Waals surface area (Å²) in [7, 11) is -11.7. The summed E-state index contributed by atoms with van der Waals surface area (Å²) in [6.07, 6.45) is -18.0. The molecule has 37 heteroatoms. The highest BCUT2D eigenvalue weighted by Gasteiger charge is 2.52. The Morgan fingerprint density at radius 2 is 1.44 bits per heavy atom. The molecule has 0 aliphatic carbocycles. The maximum Gasteiger partial charge on any atom is 0.483 e. The molecular formula is C40H64N8O27P2. The number of carbonyl (C=O) groups excluding carboxylic acids is 6. The quantitative estimate of drug-likeness (QED) is 0.0194. The fourth-order valence-corrected chi connectivity index (χ4v) is 9.32. The highest BCUT2D eigenvalue weighted by Crippen LogP contribution is 2.61. The van der Waals surface area contributed by atoms with Crippen molar-refractivity contribution in [1.29, 1.82) is 0 Å². The molecule has 16 N–H and O–H groups in total. The largest absolute Gasteiger partial charge is 0.483 e. The zero-order valence-electron chi connectivity index (χ0n) is 41.7. The molecule has 2 aliphatic heterocycles. The number of aliphatic hydroxyl groups excluding tert-OH is 4. The molecule has 3 rings (SSSR count). The van der Waals surface area contributed by atoms with Crippen molar-refractivity contribution in [2.45, 2.75) is 158 Å². The minimum atomic E-state index is -5.95. The van der Waals surface area contributed by atoms with Crippen LogP contribution < -0.4 is 43.6 Å². The number of hydrogen-bond acceptors (Lipinski definition) is 24. The van der Waals surface area contributed by atoms with Gasteiger partial charge >= 0.3 is 39.2 Å². The average molecular weight is 1150 g/mol. The van der Waals surface area contributed by atoms with Gasteiger partial charge in [0.2, 0.25) is 29.5 Å². The number of unbranched alkanes of at least 4 members (excludes halogenated alkanes) is 1. The van der Waals surface area contributed by atoms with E-state index in [2.05, 4.69) is 35.4 Å². The molecular weight excluding hydrogens is 1090 g/mol. The van der Waals surface area contributed by atoms with Gasteiger partial charge < -0.3 is 91.7 Å². The van der Waals surface area contributed by atoms with Gasteiger partial charge in [-0.15, -0.1) is 0 Å². The molecule has 17 atom stereocenters. The van der Waals surface area contributed by atoms with E-state index in [4.69, 9.17) is 34.3 Å². The average Bonchev–Trinajstić information content (AvgIpc) is 3.61. The number of carboxylic acid groups (broad SMARTS) is 2. The van der Waals surface area contributed by atoms with Crippen LogP contribution in [0.15, 0.2) is 21.9 Å². The molecule has 3 heterocycles. The number of carbonyl (C=O) groups is 8. The summed E-state index contributed by atoms with van der Waals surface area (Å²) >= 11 is 0. The third kappa shape index (κ3) is 20.0. The third-order valence-electron chi connectivity index (χ3n) is 11.2. The number of carboxylic acids is 2. The fraction of sp³-hybridized carbons (Fsp3) is 0.700. The van der Waals surface area contributed by atoms with Crippen LogP contribution in [0, 0.1) is 0 Å². The Morgan fingerprint density at radius 1 is 0.792 bits per heavy atom. The van der Waals surface area contributed by atoms with Gasteiger partial charge in [0, 0.05) is 25.6 Å². The maximum absolute atomic E-state index is 13.4. The summed E-state index contributed by atoms with van der Waals surface area (Å²) in [5, 5.41) is 72.1. The molecule has 2 fully saturated rings. The number of ether oxygens (including phenoxy) is 4. The van der Waals surface area contributed by atoms with Gasteiger partial charge in [-0.2, -0.15) is 4.31 Å². The van der Waals surface area contributed by atoms with Gasteiger partial charge in [0.05, 0.1) is 13.2 Å². The number of nitrogens with two attached hydrogens (primary N) is 1. The molecule has 5 amide bonds. The minimum Gasteiger partial charge on any atom is -0.480 e. The van der Waals surface area contributed by atoms with E-state index in [0.717, 1.165) is 40.0 Å². The van der Waals surface area contributed by atoms with Crippen molar-refractivity contribution in [2.75, 3.05) is 19.8 Å². The number of H-pyrrole nitrogens is 1. The number of hydrogen-bond donors (Lipinski definition) is 15. The third-order valence-corrected chi connectivity index (χ3v) is 13.8. The molecule has 1 aromatic heterocycles. The van der Waals surface area contributed by atoms with Crippen LogP contribution in [0.25, 0.3) is 0 Å². The van der Waals surface area contributed by atoms with Crippen LogP contribution in [-0.4, -0.2) is 203 Å². The first-order valence-electron chi connectivity index (χ1n) is 23.3. The molecule has 35 nitrogen and oxygen atoms in total. The van der Waals surface area contributed by atoms with Crippen molar-refractivity contribution >= 4 is 63.1 Å². The van der Waals surface area contributed by atoms with Gasteiger partial charge in [-0.3, -0.25) is 47.4 Å². The highest BCUT2D eigenvalue weighted by molar-refractivity contribution is 7.61. The molecule has 436 valence electrons. The molecule has 0 bridgehead atoms. The first-order valence-corrected chi connectivity index (χ1v) is 26.3. The molecule has 1 aromatic rings. The lowest BCUT2D eigenvalue weighted by molar-refractivity contribution is -0.261. The predicted molar refractivity (Wildman–Crippen MR) is 251 cm³/mol. The van der Waals surface area contributed by atoms with E-state index in [1.807, 2.05) is 4.98 Å². The fourth-order valence-electron chi connectivity index (χ4n) is 7.16. The second-order valence-corrected chi connectivity index (χ2v) is 20.4. The van der Waals surface area contributed by atoms with Crippen LogP contribution >= 0.6 is 15.6 Å². The summed E-state index contributed by atoms with van der Waals surface area (Å²) in [4.78, 5) is 147. The number of aliphatic carboxylic acids is 2. The smallest absolute Gasteiger partial charge is 0.480 e. The van der Waals surface area contributed by atoms with Crippen LogP contribution in [-0.2, 0) is 79.8 Å².